The van der Waals surface area contributed by atoms with E-state index in [0.717, 1.165) is 16.4 Å². The fourth-order valence-electron chi connectivity index (χ4n) is 3.01. The molecule has 0 spiro atoms. The molecular weight excluding hydrogens is 417 g/mol. The van der Waals surface area contributed by atoms with E-state index in [9.17, 15) is 18.3 Å². The number of nitrogens with zero attached hydrogens (tertiary/aromatic N) is 3. The Labute approximate surface area is 174 Å². The minimum Gasteiger partial charge on any atom is -0.508 e. The number of alkyl halides is 3. The second kappa shape index (κ2) is 7.96. The molecule has 3 aromatic rings. The summed E-state index contributed by atoms with van der Waals surface area (Å²) in [4.78, 5) is 9.17. The van der Waals surface area contributed by atoms with Crippen LogP contribution < -0.4 is 10.2 Å². The number of aliphatic imine (C=N–C) groups is 1. The number of rotatable bonds is 5. The highest BCUT2D eigenvalue weighted by molar-refractivity contribution is 7.10. The molecule has 1 aliphatic rings. The van der Waals surface area contributed by atoms with Gasteiger partial charge in [-0.15, -0.1) is 24.5 Å². The highest BCUT2D eigenvalue weighted by atomic mass is 32.1. The van der Waals surface area contributed by atoms with Gasteiger partial charge in [0.1, 0.15) is 22.3 Å². The van der Waals surface area contributed by atoms with Crippen molar-refractivity contribution < 1.29 is 23.0 Å². The minimum absolute atomic E-state index is 0.203. The summed E-state index contributed by atoms with van der Waals surface area (Å²) in [6, 6.07) is 12.6. The van der Waals surface area contributed by atoms with Crippen molar-refractivity contribution in [2.24, 2.45) is 4.99 Å². The fraction of sp³-hybridized carbons (Fsp3) is 0.200. The number of ether oxygens (including phenoxy) is 1. The fourth-order valence-corrected chi connectivity index (χ4v) is 3.81. The highest BCUT2D eigenvalue weighted by Gasteiger charge is 2.31. The predicted molar refractivity (Wildman–Crippen MR) is 107 cm³/mol. The Morgan fingerprint density at radius 1 is 1.20 bits per heavy atom. The van der Waals surface area contributed by atoms with E-state index in [1.807, 2.05) is 23.4 Å². The van der Waals surface area contributed by atoms with Crippen LogP contribution in [0.25, 0.3) is 11.3 Å². The van der Waals surface area contributed by atoms with Gasteiger partial charge in [-0.2, -0.15) is 0 Å². The first kappa shape index (κ1) is 20.2. The van der Waals surface area contributed by atoms with Crippen molar-refractivity contribution in [2.45, 2.75) is 26.0 Å². The monoisotopic (exact) mass is 434 g/mol. The van der Waals surface area contributed by atoms with Crippen molar-refractivity contribution in [3.63, 3.8) is 0 Å². The average Bonchev–Trinajstić information content (AvgIpc) is 3.29. The largest absolute Gasteiger partial charge is 0.573 e. The molecule has 0 radical (unpaired) electrons. The van der Waals surface area contributed by atoms with Gasteiger partial charge in [-0.1, -0.05) is 12.1 Å². The molecule has 2 aromatic carbocycles. The average molecular weight is 434 g/mol. The number of nitrogens with one attached hydrogen (secondary N) is 1. The Bertz CT molecular complexity index is 1070. The zero-order valence-corrected chi connectivity index (χ0v) is 16.5. The number of amidine groups is 1. The van der Waals surface area contributed by atoms with Crippen LogP contribution in [0.15, 0.2) is 58.9 Å². The molecule has 2 heterocycles. The Morgan fingerprint density at radius 3 is 2.67 bits per heavy atom. The van der Waals surface area contributed by atoms with Gasteiger partial charge >= 0.3 is 6.36 Å². The zero-order chi connectivity index (χ0) is 21.3. The van der Waals surface area contributed by atoms with Crippen LogP contribution in [-0.2, 0) is 6.54 Å². The quantitative estimate of drug-likeness (QED) is 0.601. The maximum Gasteiger partial charge on any atom is 0.573 e. The van der Waals surface area contributed by atoms with Gasteiger partial charge < -0.3 is 9.84 Å². The van der Waals surface area contributed by atoms with Gasteiger partial charge in [0.2, 0.25) is 0 Å². The van der Waals surface area contributed by atoms with Gasteiger partial charge in [0.25, 0.3) is 0 Å². The standard InChI is InChI=1S/C20H17F3N4O2S/c1-12-24-18(26-27(12)10-13-3-2-4-15(28)9-13)19-25-17(11-30-19)14-5-7-16(8-6-14)29-20(21,22)23/h2-9,11,18,26,28H,10H2,1H3. The third-order valence-electron chi connectivity index (χ3n) is 4.38. The molecule has 0 fully saturated rings. The van der Waals surface area contributed by atoms with E-state index in [0.29, 0.717) is 17.8 Å². The summed E-state index contributed by atoms with van der Waals surface area (Å²) in [5, 5.41) is 14.1. The lowest BCUT2D eigenvalue weighted by atomic mass is 10.2. The number of hydrogen-bond acceptors (Lipinski definition) is 7. The van der Waals surface area contributed by atoms with E-state index in [1.54, 1.807) is 18.2 Å². The van der Waals surface area contributed by atoms with Crippen LogP contribution in [0.2, 0.25) is 0 Å². The number of hydrogen-bond donors (Lipinski definition) is 2. The minimum atomic E-state index is -4.72. The lowest BCUT2D eigenvalue weighted by Gasteiger charge is -2.19. The number of benzene rings is 2. The first-order valence-corrected chi connectivity index (χ1v) is 9.82. The van der Waals surface area contributed by atoms with Crippen LogP contribution in [0.4, 0.5) is 13.2 Å². The molecule has 1 unspecified atom stereocenters. The van der Waals surface area contributed by atoms with E-state index in [1.165, 1.54) is 35.6 Å². The molecule has 0 aliphatic carbocycles. The molecule has 1 aliphatic heterocycles. The molecule has 0 saturated carbocycles. The van der Waals surface area contributed by atoms with Crippen LogP contribution in [-0.4, -0.2) is 27.3 Å². The summed E-state index contributed by atoms with van der Waals surface area (Å²) in [6.07, 6.45) is -5.07. The van der Waals surface area contributed by atoms with Crippen molar-refractivity contribution in [2.75, 3.05) is 0 Å². The summed E-state index contributed by atoms with van der Waals surface area (Å²) >= 11 is 1.41. The van der Waals surface area contributed by atoms with Gasteiger partial charge in [-0.05, 0) is 48.9 Å². The SMILES string of the molecule is CC1=NC(c2nc(-c3ccc(OC(F)(F)F)cc3)cs2)NN1Cc1cccc(O)c1. The molecule has 10 heteroatoms. The molecule has 2 N–H and O–H groups in total. The van der Waals surface area contributed by atoms with Crippen molar-refractivity contribution in [3.05, 3.63) is 64.5 Å². The third-order valence-corrected chi connectivity index (χ3v) is 5.27. The summed E-state index contributed by atoms with van der Waals surface area (Å²) in [5.41, 5.74) is 5.54. The molecule has 0 amide bonds. The van der Waals surface area contributed by atoms with Crippen LogP contribution >= 0.6 is 11.3 Å². The Balaban J connectivity index is 1.44. The molecule has 156 valence electrons. The molecule has 1 aromatic heterocycles. The first-order chi connectivity index (χ1) is 14.3. The van der Waals surface area contributed by atoms with E-state index >= 15 is 0 Å². The van der Waals surface area contributed by atoms with Crippen molar-refractivity contribution in [3.8, 4) is 22.8 Å². The molecule has 30 heavy (non-hydrogen) atoms. The highest BCUT2D eigenvalue weighted by Crippen LogP contribution is 2.31. The van der Waals surface area contributed by atoms with E-state index < -0.39 is 6.36 Å². The summed E-state index contributed by atoms with van der Waals surface area (Å²) in [7, 11) is 0. The second-order valence-corrected chi connectivity index (χ2v) is 7.50. The molecule has 6 nitrogen and oxygen atoms in total. The molecule has 1 atom stereocenters. The Hall–Kier alpha value is -3.11. The van der Waals surface area contributed by atoms with Crippen molar-refractivity contribution in [1.82, 2.24) is 15.4 Å². The maximum atomic E-state index is 12.3. The number of halogens is 3. The molecule has 4 rings (SSSR count). The molecular formula is C20H17F3N4O2S. The topological polar surface area (TPSA) is 70.0 Å². The smallest absolute Gasteiger partial charge is 0.508 e. The Kier molecular flexibility index (Phi) is 5.35. The van der Waals surface area contributed by atoms with Crippen LogP contribution in [0, 0.1) is 0 Å². The second-order valence-electron chi connectivity index (χ2n) is 6.61. The zero-order valence-electron chi connectivity index (χ0n) is 15.7. The Morgan fingerprint density at radius 2 is 1.97 bits per heavy atom. The summed E-state index contributed by atoms with van der Waals surface area (Å²) in [5.74, 6) is 0.713. The van der Waals surface area contributed by atoms with Crippen molar-refractivity contribution >= 4 is 17.2 Å². The number of aromatic hydroxyl groups is 1. The van der Waals surface area contributed by atoms with Crippen LogP contribution in [0.1, 0.15) is 23.7 Å². The number of phenolic OH excluding ortho intramolecular Hbond substituents is 1. The normalized spacial score (nSPS) is 16.6. The number of aromatic nitrogens is 1. The van der Waals surface area contributed by atoms with E-state index in [2.05, 4.69) is 20.1 Å². The van der Waals surface area contributed by atoms with Crippen molar-refractivity contribution in [1.29, 1.82) is 0 Å². The number of hydrazine groups is 1. The first-order valence-electron chi connectivity index (χ1n) is 8.94. The van der Waals surface area contributed by atoms with Crippen LogP contribution in [0.3, 0.4) is 0 Å². The summed E-state index contributed by atoms with van der Waals surface area (Å²) in [6.45, 7) is 2.41. The number of phenols is 1. The van der Waals surface area contributed by atoms with Gasteiger partial charge in [0.15, 0.2) is 6.17 Å². The van der Waals surface area contributed by atoms with Gasteiger partial charge in [0, 0.05) is 10.9 Å². The molecule has 0 saturated heterocycles. The van der Waals surface area contributed by atoms with Crippen LogP contribution in [0.5, 0.6) is 11.5 Å². The van der Waals surface area contributed by atoms with Gasteiger partial charge in [-0.3, -0.25) is 5.01 Å². The number of thiazole rings is 1. The summed E-state index contributed by atoms with van der Waals surface area (Å²) < 4.78 is 40.8. The maximum absolute atomic E-state index is 12.3. The molecule has 0 bridgehead atoms. The van der Waals surface area contributed by atoms with Gasteiger partial charge in [0.05, 0.1) is 12.2 Å². The third kappa shape index (κ3) is 4.71. The predicted octanol–water partition coefficient (Wildman–Crippen LogP) is 4.85. The van der Waals surface area contributed by atoms with E-state index in [4.69, 9.17) is 0 Å². The lowest BCUT2D eigenvalue weighted by molar-refractivity contribution is -0.274. The lowest BCUT2D eigenvalue weighted by Crippen LogP contribution is -2.36. The van der Waals surface area contributed by atoms with E-state index in [-0.39, 0.29) is 17.7 Å². The van der Waals surface area contributed by atoms with Gasteiger partial charge in [-0.25, -0.2) is 15.4 Å².